The fourth-order valence-electron chi connectivity index (χ4n) is 1.55. The lowest BCUT2D eigenvalue weighted by molar-refractivity contribution is -0.154. The minimum atomic E-state index is -0.835. The van der Waals surface area contributed by atoms with Crippen molar-refractivity contribution >= 4 is 11.8 Å². The highest BCUT2D eigenvalue weighted by Gasteiger charge is 2.19. The van der Waals surface area contributed by atoms with Gasteiger partial charge >= 0.3 is 5.97 Å². The molecule has 0 N–H and O–H groups in total. The van der Waals surface area contributed by atoms with Crippen LogP contribution >= 0.6 is 0 Å². The van der Waals surface area contributed by atoms with Crippen molar-refractivity contribution in [2.75, 3.05) is 20.2 Å². The molecular formula is C14H17NO4. The predicted octanol–water partition coefficient (Wildman–Crippen LogP) is 0.888. The summed E-state index contributed by atoms with van der Waals surface area (Å²) >= 11 is 0. The first-order valence-corrected chi connectivity index (χ1v) is 5.88. The zero-order valence-corrected chi connectivity index (χ0v) is 11.1. The summed E-state index contributed by atoms with van der Waals surface area (Å²) in [5, 5.41) is 0. The number of likely N-dealkylation sites (N-methyl/N-ethyl adjacent to an activating group) is 1. The molecule has 19 heavy (non-hydrogen) atoms. The van der Waals surface area contributed by atoms with Crippen LogP contribution in [0.25, 0.3) is 0 Å². The van der Waals surface area contributed by atoms with E-state index in [1.165, 1.54) is 6.92 Å². The molecule has 1 aromatic heterocycles. The molecule has 5 heteroatoms. The van der Waals surface area contributed by atoms with E-state index in [1.807, 2.05) is 18.0 Å². The van der Waals surface area contributed by atoms with E-state index >= 15 is 0 Å². The van der Waals surface area contributed by atoms with E-state index in [1.54, 1.807) is 12.3 Å². The number of carbonyl (C=O) groups is 2. The van der Waals surface area contributed by atoms with Gasteiger partial charge in [-0.15, -0.1) is 6.42 Å². The number of hydrogen-bond acceptors (Lipinski definition) is 5. The number of terminal acetylenes is 1. The van der Waals surface area contributed by atoms with Crippen molar-refractivity contribution < 1.29 is 18.7 Å². The summed E-state index contributed by atoms with van der Waals surface area (Å²) in [4.78, 5) is 23.9. The molecule has 1 atom stereocenters. The molecule has 0 aromatic carbocycles. The Morgan fingerprint density at radius 3 is 2.84 bits per heavy atom. The van der Waals surface area contributed by atoms with Crippen LogP contribution in [-0.2, 0) is 20.7 Å². The van der Waals surface area contributed by atoms with Gasteiger partial charge in [0, 0.05) is 13.3 Å². The van der Waals surface area contributed by atoms with E-state index in [2.05, 4.69) is 5.92 Å². The highest BCUT2D eigenvalue weighted by Crippen LogP contribution is 2.09. The summed E-state index contributed by atoms with van der Waals surface area (Å²) in [6, 6.07) is 3.49. The molecule has 0 spiro atoms. The van der Waals surface area contributed by atoms with Gasteiger partial charge in [-0.2, -0.15) is 0 Å². The summed E-state index contributed by atoms with van der Waals surface area (Å²) in [6.07, 6.45) is 7.40. The molecule has 0 radical (unpaired) electrons. The van der Waals surface area contributed by atoms with Crippen LogP contribution < -0.4 is 0 Å². The quantitative estimate of drug-likeness (QED) is 0.415. The van der Waals surface area contributed by atoms with Gasteiger partial charge in [-0.25, -0.2) is 4.79 Å². The average Bonchev–Trinajstić information content (AvgIpc) is 2.86. The maximum absolute atomic E-state index is 11.2. The fraction of sp³-hybridized carbons (Fsp3) is 0.429. The second-order valence-electron chi connectivity index (χ2n) is 4.21. The first kappa shape index (κ1) is 15.0. The lowest BCUT2D eigenvalue weighted by Gasteiger charge is -2.25. The number of esters is 1. The van der Waals surface area contributed by atoms with Crippen LogP contribution in [-0.4, -0.2) is 42.9 Å². The number of nitrogens with zero attached hydrogens (tertiary/aromatic N) is 1. The lowest BCUT2D eigenvalue weighted by atomic mass is 10.1. The Morgan fingerprint density at radius 2 is 2.32 bits per heavy atom. The predicted molar refractivity (Wildman–Crippen MR) is 69.3 cm³/mol. The van der Waals surface area contributed by atoms with Gasteiger partial charge in [0.25, 0.3) is 0 Å². The van der Waals surface area contributed by atoms with Crippen LogP contribution in [0.4, 0.5) is 0 Å². The smallest absolute Gasteiger partial charge is 0.374 e. The molecule has 0 saturated carbocycles. The Bertz CT molecular complexity index is 458. The van der Waals surface area contributed by atoms with E-state index < -0.39 is 11.8 Å². The molecule has 0 fully saturated rings. The first-order valence-electron chi connectivity index (χ1n) is 5.88. The third kappa shape index (κ3) is 4.98. The summed E-state index contributed by atoms with van der Waals surface area (Å²) in [6.45, 7) is 1.69. The summed E-state index contributed by atoms with van der Waals surface area (Å²) in [5.74, 6) is 1.85. The molecule has 0 unspecified atom stereocenters. The molecule has 0 amide bonds. The van der Waals surface area contributed by atoms with Gasteiger partial charge in [0.15, 0.2) is 0 Å². The minimum Gasteiger partial charge on any atom is -0.469 e. The maximum atomic E-state index is 11.2. The largest absolute Gasteiger partial charge is 0.469 e. The van der Waals surface area contributed by atoms with Crippen LogP contribution in [0.15, 0.2) is 22.8 Å². The van der Waals surface area contributed by atoms with Crippen LogP contribution in [0, 0.1) is 12.3 Å². The Hall–Kier alpha value is -2.06. The number of rotatable bonds is 7. The van der Waals surface area contributed by atoms with Crippen LogP contribution in [0.1, 0.15) is 12.7 Å². The van der Waals surface area contributed by atoms with E-state index in [-0.39, 0.29) is 12.6 Å². The number of Topliss-reactive ketones (excluding diaryl/α,β-unsaturated/α-hetero) is 1. The molecule has 0 aliphatic carbocycles. The van der Waals surface area contributed by atoms with Crippen molar-refractivity contribution in [3.05, 3.63) is 24.2 Å². The van der Waals surface area contributed by atoms with Crippen molar-refractivity contribution in [1.29, 1.82) is 0 Å². The van der Waals surface area contributed by atoms with E-state index in [9.17, 15) is 9.59 Å². The van der Waals surface area contributed by atoms with E-state index in [4.69, 9.17) is 15.6 Å². The second-order valence-corrected chi connectivity index (χ2v) is 4.21. The minimum absolute atomic E-state index is 0.0945. The van der Waals surface area contributed by atoms with Gasteiger partial charge in [-0.1, -0.05) is 5.92 Å². The van der Waals surface area contributed by atoms with Gasteiger partial charge in [0.05, 0.1) is 18.8 Å². The van der Waals surface area contributed by atoms with Gasteiger partial charge < -0.3 is 9.15 Å². The molecule has 1 rings (SSSR count). The molecule has 0 saturated heterocycles. The fourth-order valence-corrected chi connectivity index (χ4v) is 1.55. The molecule has 0 aliphatic heterocycles. The Labute approximate surface area is 112 Å². The Balaban J connectivity index is 2.61. The SMILES string of the molecule is C#CCN(C)[C@H](COC(=O)C(C)=O)Cc1ccco1. The highest BCUT2D eigenvalue weighted by molar-refractivity contribution is 6.32. The number of furan rings is 1. The first-order chi connectivity index (χ1) is 9.04. The second kappa shape index (κ2) is 7.39. The normalized spacial score (nSPS) is 11.9. The zero-order valence-electron chi connectivity index (χ0n) is 11.1. The number of carbonyl (C=O) groups excluding carboxylic acids is 2. The summed E-state index contributed by atoms with van der Waals surface area (Å²) < 4.78 is 10.2. The third-order valence-corrected chi connectivity index (χ3v) is 2.68. The van der Waals surface area contributed by atoms with Gasteiger partial charge in [0.1, 0.15) is 12.4 Å². The van der Waals surface area contributed by atoms with E-state index in [0.29, 0.717) is 13.0 Å². The average molecular weight is 263 g/mol. The van der Waals surface area contributed by atoms with Crippen molar-refractivity contribution in [2.45, 2.75) is 19.4 Å². The number of ether oxygens (including phenoxy) is 1. The highest BCUT2D eigenvalue weighted by atomic mass is 16.5. The maximum Gasteiger partial charge on any atom is 0.374 e. The number of hydrogen-bond donors (Lipinski definition) is 0. The molecule has 5 nitrogen and oxygen atoms in total. The summed E-state index contributed by atoms with van der Waals surface area (Å²) in [7, 11) is 1.83. The Morgan fingerprint density at radius 1 is 1.58 bits per heavy atom. The monoisotopic (exact) mass is 263 g/mol. The van der Waals surface area contributed by atoms with Gasteiger partial charge in [0.2, 0.25) is 5.78 Å². The lowest BCUT2D eigenvalue weighted by Crippen LogP contribution is -2.38. The molecule has 0 bridgehead atoms. The van der Waals surface area contributed by atoms with Crippen LogP contribution in [0.2, 0.25) is 0 Å². The van der Waals surface area contributed by atoms with Crippen molar-refractivity contribution in [2.24, 2.45) is 0 Å². The molecule has 1 aromatic rings. The third-order valence-electron chi connectivity index (χ3n) is 2.68. The van der Waals surface area contributed by atoms with Gasteiger partial charge in [-0.3, -0.25) is 9.69 Å². The summed E-state index contributed by atoms with van der Waals surface area (Å²) in [5.41, 5.74) is 0. The van der Waals surface area contributed by atoms with Crippen molar-refractivity contribution in [3.8, 4) is 12.3 Å². The Kier molecular flexibility index (Phi) is 5.83. The van der Waals surface area contributed by atoms with Crippen LogP contribution in [0.5, 0.6) is 0 Å². The molecule has 102 valence electrons. The standard InChI is InChI=1S/C14H17NO4/c1-4-7-15(3)12(9-13-6-5-8-18-13)10-19-14(17)11(2)16/h1,5-6,8,12H,7,9-10H2,2-3H3/t12-/m0/s1. The molecule has 1 heterocycles. The molecular weight excluding hydrogens is 246 g/mol. The van der Waals surface area contributed by atoms with Crippen molar-refractivity contribution in [3.63, 3.8) is 0 Å². The van der Waals surface area contributed by atoms with Crippen molar-refractivity contribution in [1.82, 2.24) is 4.90 Å². The van der Waals surface area contributed by atoms with Gasteiger partial charge in [-0.05, 0) is 19.2 Å². The zero-order chi connectivity index (χ0) is 14.3. The molecule has 0 aliphatic rings. The topological polar surface area (TPSA) is 59.8 Å². The number of ketones is 1. The van der Waals surface area contributed by atoms with E-state index in [0.717, 1.165) is 5.76 Å². The van der Waals surface area contributed by atoms with Crippen LogP contribution in [0.3, 0.4) is 0 Å².